The van der Waals surface area contributed by atoms with Crippen molar-refractivity contribution in [3.8, 4) is 0 Å². The summed E-state index contributed by atoms with van der Waals surface area (Å²) in [6, 6.07) is 0.319. The molecule has 0 radical (unpaired) electrons. The third-order valence-corrected chi connectivity index (χ3v) is 2.33. The van der Waals surface area contributed by atoms with Gasteiger partial charge in [0.15, 0.2) is 0 Å². The van der Waals surface area contributed by atoms with E-state index in [1.807, 2.05) is 11.8 Å². The van der Waals surface area contributed by atoms with E-state index in [4.69, 9.17) is 0 Å². The second kappa shape index (κ2) is 2.04. The Balaban J connectivity index is 2.10. The number of nitrogens with zero attached hydrogens (tertiary/aromatic N) is 1. The Kier molecular flexibility index (Phi) is 1.26. The second-order valence-corrected chi connectivity index (χ2v) is 3.01. The fraction of sp³-hybridized carbons (Fsp3) is 0.714. The molecule has 0 aromatic heterocycles. The molecular formula is C7H10N2O2. The highest BCUT2D eigenvalue weighted by Gasteiger charge is 2.54. The van der Waals surface area contributed by atoms with Gasteiger partial charge in [-0.2, -0.15) is 0 Å². The maximum atomic E-state index is 11.0. The van der Waals surface area contributed by atoms with Crippen molar-refractivity contribution in [2.45, 2.75) is 25.4 Å². The number of imide groups is 1. The molecule has 2 aliphatic rings. The molecule has 2 aliphatic heterocycles. The van der Waals surface area contributed by atoms with Crippen LogP contribution in [0.2, 0.25) is 0 Å². The average Bonchev–Trinajstić information content (AvgIpc) is 2.61. The Bertz CT molecular complexity index is 226. The Morgan fingerprint density at radius 1 is 1.64 bits per heavy atom. The maximum Gasteiger partial charge on any atom is 0.245 e. The molecule has 0 bridgehead atoms. The zero-order valence-electron chi connectivity index (χ0n) is 6.33. The van der Waals surface area contributed by atoms with Crippen molar-refractivity contribution in [1.82, 2.24) is 10.2 Å². The van der Waals surface area contributed by atoms with Crippen LogP contribution in [-0.4, -0.2) is 35.3 Å². The van der Waals surface area contributed by atoms with Gasteiger partial charge in [0.25, 0.3) is 0 Å². The summed E-state index contributed by atoms with van der Waals surface area (Å²) >= 11 is 0. The van der Waals surface area contributed by atoms with Gasteiger partial charge in [0.05, 0.1) is 6.54 Å². The second-order valence-electron chi connectivity index (χ2n) is 3.01. The maximum absolute atomic E-state index is 11.0. The quantitative estimate of drug-likeness (QED) is 0.393. The number of hydrogen-bond acceptors (Lipinski definition) is 3. The molecule has 2 heterocycles. The van der Waals surface area contributed by atoms with Gasteiger partial charge in [-0.1, -0.05) is 6.92 Å². The monoisotopic (exact) mass is 154 g/mol. The van der Waals surface area contributed by atoms with Gasteiger partial charge in [0, 0.05) is 6.04 Å². The lowest BCUT2D eigenvalue weighted by molar-refractivity contribution is -0.133. The topological polar surface area (TPSA) is 49.2 Å². The number of piperazine rings is 1. The van der Waals surface area contributed by atoms with Gasteiger partial charge < -0.3 is 0 Å². The predicted molar refractivity (Wildman–Crippen MR) is 37.7 cm³/mol. The highest BCUT2D eigenvalue weighted by molar-refractivity contribution is 6.03. The average molecular weight is 154 g/mol. The fourth-order valence-electron chi connectivity index (χ4n) is 1.75. The minimum atomic E-state index is -0.165. The lowest BCUT2D eigenvalue weighted by Gasteiger charge is -2.09. The van der Waals surface area contributed by atoms with E-state index >= 15 is 0 Å². The molecule has 2 amide bonds. The van der Waals surface area contributed by atoms with Crippen molar-refractivity contribution in [2.75, 3.05) is 6.54 Å². The zero-order chi connectivity index (χ0) is 8.01. The molecule has 4 nitrogen and oxygen atoms in total. The molecule has 2 fully saturated rings. The number of carbonyl (C=O) groups excluding carboxylic acids is 2. The van der Waals surface area contributed by atoms with Crippen LogP contribution in [0.5, 0.6) is 0 Å². The number of nitrogens with one attached hydrogen (secondary N) is 1. The fourth-order valence-corrected chi connectivity index (χ4v) is 1.75. The molecule has 0 spiro atoms. The molecule has 2 rings (SSSR count). The molecule has 3 atom stereocenters. The smallest absolute Gasteiger partial charge is 0.245 e. The van der Waals surface area contributed by atoms with Crippen LogP contribution in [0.15, 0.2) is 0 Å². The van der Waals surface area contributed by atoms with Crippen LogP contribution < -0.4 is 5.32 Å². The van der Waals surface area contributed by atoms with E-state index in [1.165, 1.54) is 0 Å². The number of amides is 2. The normalized spacial score (nSPS) is 41.4. The standard InChI is InChI=1S/C7H10N2O2/c1-2-4-6-7(11)8-5(10)3-9(4)6/h4,6H,2-3H2,1H3,(H,8,10,11). The van der Waals surface area contributed by atoms with E-state index in [0.717, 1.165) is 6.42 Å². The molecule has 2 saturated heterocycles. The third kappa shape index (κ3) is 0.860. The van der Waals surface area contributed by atoms with Gasteiger partial charge >= 0.3 is 0 Å². The minimum absolute atomic E-state index is 0.00213. The Labute approximate surface area is 64.5 Å². The lowest BCUT2D eigenvalue weighted by atomic mass is 10.2. The van der Waals surface area contributed by atoms with Gasteiger partial charge in [-0.3, -0.25) is 19.8 Å². The van der Waals surface area contributed by atoms with Crippen molar-refractivity contribution in [3.05, 3.63) is 0 Å². The summed E-state index contributed by atoms with van der Waals surface area (Å²) in [6.07, 6.45) is 0.950. The van der Waals surface area contributed by atoms with Crippen molar-refractivity contribution < 1.29 is 9.59 Å². The first-order valence-electron chi connectivity index (χ1n) is 3.83. The van der Waals surface area contributed by atoms with Gasteiger partial charge in [0.2, 0.25) is 11.8 Å². The van der Waals surface area contributed by atoms with E-state index < -0.39 is 0 Å². The van der Waals surface area contributed by atoms with Crippen molar-refractivity contribution in [2.24, 2.45) is 0 Å². The first kappa shape index (κ1) is 6.79. The van der Waals surface area contributed by atoms with Gasteiger partial charge in [0.1, 0.15) is 6.04 Å². The van der Waals surface area contributed by atoms with E-state index in [1.54, 1.807) is 0 Å². The largest absolute Gasteiger partial charge is 0.294 e. The first-order valence-corrected chi connectivity index (χ1v) is 3.83. The summed E-state index contributed by atoms with van der Waals surface area (Å²) in [4.78, 5) is 23.8. The van der Waals surface area contributed by atoms with E-state index in [0.29, 0.717) is 12.6 Å². The predicted octanol–water partition coefficient (Wildman–Crippen LogP) is -0.894. The highest BCUT2D eigenvalue weighted by atomic mass is 16.2. The van der Waals surface area contributed by atoms with Gasteiger partial charge in [-0.05, 0) is 6.42 Å². The molecule has 0 saturated carbocycles. The van der Waals surface area contributed by atoms with E-state index in [9.17, 15) is 9.59 Å². The highest BCUT2D eigenvalue weighted by Crippen LogP contribution is 2.32. The van der Waals surface area contributed by atoms with Crippen LogP contribution in [0.4, 0.5) is 0 Å². The summed E-state index contributed by atoms with van der Waals surface area (Å²) in [5.74, 6) is -0.282. The van der Waals surface area contributed by atoms with Crippen LogP contribution >= 0.6 is 0 Å². The summed E-state index contributed by atoms with van der Waals surface area (Å²) in [7, 11) is 0. The van der Waals surface area contributed by atoms with E-state index in [2.05, 4.69) is 5.32 Å². The Morgan fingerprint density at radius 2 is 2.36 bits per heavy atom. The van der Waals surface area contributed by atoms with Gasteiger partial charge in [-0.15, -0.1) is 0 Å². The number of fused-ring (bicyclic) bond motifs is 1. The summed E-state index contributed by atoms with van der Waals surface area (Å²) in [5, 5.41) is 2.32. The Morgan fingerprint density at radius 3 is 3.00 bits per heavy atom. The number of rotatable bonds is 1. The molecule has 11 heavy (non-hydrogen) atoms. The molecule has 3 unspecified atom stereocenters. The summed E-state index contributed by atoms with van der Waals surface area (Å²) in [6.45, 7) is 2.43. The lowest BCUT2D eigenvalue weighted by Crippen LogP contribution is -2.43. The molecule has 1 N–H and O–H groups in total. The molecule has 4 heteroatoms. The number of carbonyl (C=O) groups is 2. The van der Waals surface area contributed by atoms with Crippen LogP contribution in [0.25, 0.3) is 0 Å². The van der Waals surface area contributed by atoms with Crippen LogP contribution in [0.3, 0.4) is 0 Å². The molecule has 0 aromatic rings. The Hall–Kier alpha value is -0.900. The van der Waals surface area contributed by atoms with Gasteiger partial charge in [-0.25, -0.2) is 0 Å². The third-order valence-electron chi connectivity index (χ3n) is 2.33. The summed E-state index contributed by atoms with van der Waals surface area (Å²) in [5.41, 5.74) is 0. The SMILES string of the molecule is CCC1C2C(=O)NC(=O)CN12. The molecule has 0 aromatic carbocycles. The van der Waals surface area contributed by atoms with Crippen molar-refractivity contribution >= 4 is 11.8 Å². The minimum Gasteiger partial charge on any atom is -0.294 e. The summed E-state index contributed by atoms with van der Waals surface area (Å²) < 4.78 is 0. The van der Waals surface area contributed by atoms with Crippen LogP contribution in [0, 0.1) is 0 Å². The zero-order valence-corrected chi connectivity index (χ0v) is 6.33. The molecule has 0 aliphatic carbocycles. The van der Waals surface area contributed by atoms with Crippen molar-refractivity contribution in [3.63, 3.8) is 0 Å². The van der Waals surface area contributed by atoms with Crippen molar-refractivity contribution in [1.29, 1.82) is 0 Å². The first-order chi connectivity index (χ1) is 5.24. The molecule has 60 valence electrons. The van der Waals surface area contributed by atoms with Crippen LogP contribution in [-0.2, 0) is 9.59 Å². The number of hydrogen-bond donors (Lipinski definition) is 1. The molecular weight excluding hydrogens is 144 g/mol. The van der Waals surface area contributed by atoms with Crippen LogP contribution in [0.1, 0.15) is 13.3 Å². The van der Waals surface area contributed by atoms with E-state index in [-0.39, 0.29) is 17.9 Å².